The number of rotatable bonds is 6. The standard InChI is InChI=1S/C16H16N2O5/c1-11-5-3-7-13(15(11)17(19)20)9-23-10-14-8-4-6-12(2)16(14)18(21)22/h3-8H,9-10H2,1-2H3. The van der Waals surface area contributed by atoms with E-state index in [4.69, 9.17) is 4.74 Å². The van der Waals surface area contributed by atoms with E-state index in [-0.39, 0.29) is 24.6 Å². The van der Waals surface area contributed by atoms with Crippen molar-refractivity contribution in [2.75, 3.05) is 0 Å². The van der Waals surface area contributed by atoms with Crippen molar-refractivity contribution in [2.45, 2.75) is 27.1 Å². The molecule has 0 aliphatic rings. The molecule has 0 N–H and O–H groups in total. The SMILES string of the molecule is Cc1cccc(COCc2cccc(C)c2[N+](=O)[O-])c1[N+](=O)[O-]. The van der Waals surface area contributed by atoms with Crippen molar-refractivity contribution in [3.05, 3.63) is 78.9 Å². The van der Waals surface area contributed by atoms with Gasteiger partial charge in [-0.3, -0.25) is 20.2 Å². The summed E-state index contributed by atoms with van der Waals surface area (Å²) in [5, 5.41) is 22.2. The number of ether oxygens (including phenoxy) is 1. The van der Waals surface area contributed by atoms with Crippen LogP contribution >= 0.6 is 0 Å². The van der Waals surface area contributed by atoms with Crippen LogP contribution in [0.1, 0.15) is 22.3 Å². The van der Waals surface area contributed by atoms with Crippen LogP contribution in [0.4, 0.5) is 11.4 Å². The molecule has 0 aliphatic carbocycles. The minimum absolute atomic E-state index is 0.0170. The van der Waals surface area contributed by atoms with Crippen LogP contribution in [0.3, 0.4) is 0 Å². The van der Waals surface area contributed by atoms with E-state index < -0.39 is 9.85 Å². The van der Waals surface area contributed by atoms with Gasteiger partial charge in [-0.25, -0.2) is 0 Å². The lowest BCUT2D eigenvalue weighted by Gasteiger charge is -2.08. The number of hydrogen-bond acceptors (Lipinski definition) is 5. The molecule has 23 heavy (non-hydrogen) atoms. The fourth-order valence-corrected chi connectivity index (χ4v) is 2.47. The maximum absolute atomic E-state index is 11.1. The molecule has 0 saturated heterocycles. The van der Waals surface area contributed by atoms with Gasteiger partial charge in [-0.15, -0.1) is 0 Å². The minimum atomic E-state index is -0.441. The number of hydrogen-bond donors (Lipinski definition) is 0. The zero-order chi connectivity index (χ0) is 17.0. The first kappa shape index (κ1) is 16.6. The van der Waals surface area contributed by atoms with E-state index in [0.29, 0.717) is 22.3 Å². The third-order valence-corrected chi connectivity index (χ3v) is 3.52. The van der Waals surface area contributed by atoms with Crippen LogP contribution in [0.2, 0.25) is 0 Å². The molecule has 2 rings (SSSR count). The normalized spacial score (nSPS) is 10.5. The summed E-state index contributed by atoms with van der Waals surface area (Å²) in [4.78, 5) is 21.4. The Morgan fingerprint density at radius 2 is 1.22 bits per heavy atom. The van der Waals surface area contributed by atoms with Crippen LogP contribution in [0.25, 0.3) is 0 Å². The van der Waals surface area contributed by atoms with Gasteiger partial charge in [0.25, 0.3) is 11.4 Å². The second kappa shape index (κ2) is 6.97. The highest BCUT2D eigenvalue weighted by molar-refractivity contribution is 5.47. The topological polar surface area (TPSA) is 95.5 Å². The van der Waals surface area contributed by atoms with Gasteiger partial charge in [0.1, 0.15) is 0 Å². The summed E-state index contributed by atoms with van der Waals surface area (Å²) < 4.78 is 5.49. The molecule has 7 heteroatoms. The molecular weight excluding hydrogens is 300 g/mol. The summed E-state index contributed by atoms with van der Waals surface area (Å²) in [6.07, 6.45) is 0. The lowest BCUT2D eigenvalue weighted by atomic mass is 10.1. The molecule has 0 radical (unpaired) electrons. The van der Waals surface area contributed by atoms with E-state index in [1.54, 1.807) is 50.2 Å². The second-order valence-electron chi connectivity index (χ2n) is 5.17. The molecule has 0 atom stereocenters. The fourth-order valence-electron chi connectivity index (χ4n) is 2.47. The van der Waals surface area contributed by atoms with Crippen LogP contribution in [0.15, 0.2) is 36.4 Å². The maximum atomic E-state index is 11.1. The molecule has 0 heterocycles. The number of nitro groups is 2. The number of nitro benzene ring substituents is 2. The highest BCUT2D eigenvalue weighted by Crippen LogP contribution is 2.26. The second-order valence-corrected chi connectivity index (χ2v) is 5.17. The van der Waals surface area contributed by atoms with E-state index in [2.05, 4.69) is 0 Å². The Morgan fingerprint density at radius 1 is 0.826 bits per heavy atom. The van der Waals surface area contributed by atoms with Crippen molar-refractivity contribution < 1.29 is 14.6 Å². The zero-order valence-electron chi connectivity index (χ0n) is 12.8. The molecule has 0 spiro atoms. The van der Waals surface area contributed by atoms with Crippen LogP contribution < -0.4 is 0 Å². The van der Waals surface area contributed by atoms with Gasteiger partial charge >= 0.3 is 0 Å². The number of para-hydroxylation sites is 2. The predicted molar refractivity (Wildman–Crippen MR) is 84.2 cm³/mol. The molecule has 0 fully saturated rings. The Hall–Kier alpha value is -2.80. The molecule has 0 amide bonds. The summed E-state index contributed by atoms with van der Waals surface area (Å²) in [7, 11) is 0. The summed E-state index contributed by atoms with van der Waals surface area (Å²) >= 11 is 0. The Kier molecular flexibility index (Phi) is 5.02. The van der Waals surface area contributed by atoms with E-state index in [0.717, 1.165) is 0 Å². The Balaban J connectivity index is 2.16. The minimum Gasteiger partial charge on any atom is -0.372 e. The van der Waals surface area contributed by atoms with Gasteiger partial charge in [-0.2, -0.15) is 0 Å². The van der Waals surface area contributed by atoms with Gasteiger partial charge in [0.15, 0.2) is 0 Å². The predicted octanol–water partition coefficient (Wildman–Crippen LogP) is 3.84. The average Bonchev–Trinajstić information content (AvgIpc) is 2.46. The van der Waals surface area contributed by atoms with Crippen molar-refractivity contribution in [1.82, 2.24) is 0 Å². The van der Waals surface area contributed by atoms with Crippen molar-refractivity contribution in [1.29, 1.82) is 0 Å². The molecule has 0 aromatic heterocycles. The van der Waals surface area contributed by atoms with Gasteiger partial charge in [-0.05, 0) is 26.0 Å². The summed E-state index contributed by atoms with van der Waals surface area (Å²) in [6.45, 7) is 3.35. The lowest BCUT2D eigenvalue weighted by Crippen LogP contribution is -2.03. The molecule has 0 saturated carbocycles. The molecule has 2 aromatic carbocycles. The number of aryl methyl sites for hydroxylation is 2. The molecule has 0 unspecified atom stereocenters. The lowest BCUT2D eigenvalue weighted by molar-refractivity contribution is -0.386. The summed E-state index contributed by atoms with van der Waals surface area (Å²) in [5.41, 5.74) is 2.04. The van der Waals surface area contributed by atoms with E-state index in [1.165, 1.54) is 0 Å². The van der Waals surface area contributed by atoms with Crippen LogP contribution in [0.5, 0.6) is 0 Å². The van der Waals surface area contributed by atoms with E-state index in [1.807, 2.05) is 0 Å². The Bertz CT molecular complexity index is 695. The monoisotopic (exact) mass is 316 g/mol. The van der Waals surface area contributed by atoms with Crippen molar-refractivity contribution in [2.24, 2.45) is 0 Å². The van der Waals surface area contributed by atoms with Crippen LogP contribution in [-0.2, 0) is 18.0 Å². The number of benzene rings is 2. The molecule has 0 aliphatic heterocycles. The van der Waals surface area contributed by atoms with Gasteiger partial charge in [0, 0.05) is 11.1 Å². The molecule has 0 bridgehead atoms. The maximum Gasteiger partial charge on any atom is 0.277 e. The van der Waals surface area contributed by atoms with Gasteiger partial charge in [0.2, 0.25) is 0 Å². The van der Waals surface area contributed by atoms with Crippen molar-refractivity contribution in [3.8, 4) is 0 Å². The van der Waals surface area contributed by atoms with E-state index >= 15 is 0 Å². The molecular formula is C16H16N2O5. The zero-order valence-corrected chi connectivity index (χ0v) is 12.8. The summed E-state index contributed by atoms with van der Waals surface area (Å²) in [6, 6.07) is 10.00. The van der Waals surface area contributed by atoms with Crippen LogP contribution in [-0.4, -0.2) is 9.85 Å². The van der Waals surface area contributed by atoms with E-state index in [9.17, 15) is 20.2 Å². The Labute approximate surface area is 132 Å². The van der Waals surface area contributed by atoms with Crippen molar-refractivity contribution in [3.63, 3.8) is 0 Å². The van der Waals surface area contributed by atoms with Crippen molar-refractivity contribution >= 4 is 11.4 Å². The highest BCUT2D eigenvalue weighted by Gasteiger charge is 2.19. The molecule has 7 nitrogen and oxygen atoms in total. The molecule has 2 aromatic rings. The smallest absolute Gasteiger partial charge is 0.277 e. The first-order chi connectivity index (χ1) is 10.9. The quantitative estimate of drug-likeness (QED) is 0.596. The highest BCUT2D eigenvalue weighted by atomic mass is 16.6. The summed E-state index contributed by atoms with van der Waals surface area (Å²) in [5.74, 6) is 0. The van der Waals surface area contributed by atoms with Gasteiger partial charge < -0.3 is 4.74 Å². The third-order valence-electron chi connectivity index (χ3n) is 3.52. The van der Waals surface area contributed by atoms with Gasteiger partial charge in [-0.1, -0.05) is 24.3 Å². The fraction of sp³-hybridized carbons (Fsp3) is 0.250. The number of nitrogens with zero attached hydrogens (tertiary/aromatic N) is 2. The average molecular weight is 316 g/mol. The third kappa shape index (κ3) is 3.70. The van der Waals surface area contributed by atoms with Crippen LogP contribution in [0, 0.1) is 34.1 Å². The Morgan fingerprint density at radius 3 is 1.57 bits per heavy atom. The molecule has 120 valence electrons. The first-order valence-electron chi connectivity index (χ1n) is 6.95. The first-order valence-corrected chi connectivity index (χ1v) is 6.95. The van der Waals surface area contributed by atoms with Gasteiger partial charge in [0.05, 0.1) is 34.2 Å². The largest absolute Gasteiger partial charge is 0.372 e.